The van der Waals surface area contributed by atoms with Gasteiger partial charge in [0.05, 0.1) is 5.56 Å². The number of unbranched alkanes of at least 4 members (excludes halogenated alkanes) is 1. The number of hydrogen-bond acceptors (Lipinski definition) is 0. The van der Waals surface area contributed by atoms with Gasteiger partial charge in [0.2, 0.25) is 0 Å². The Morgan fingerprint density at radius 2 is 1.75 bits per heavy atom. The summed E-state index contributed by atoms with van der Waals surface area (Å²) in [5.74, 6) is 0. The average molecular weight is 295 g/mol. The van der Waals surface area contributed by atoms with Crippen LogP contribution in [0.15, 0.2) is 24.3 Å². The SMILES string of the molecule is CCCCC(Br)c1ccc(C(F)(F)F)cc1. The molecule has 1 rings (SSSR count). The smallest absolute Gasteiger partial charge is 0.166 e. The van der Waals surface area contributed by atoms with Crippen LogP contribution in [0.3, 0.4) is 0 Å². The molecule has 0 nitrogen and oxygen atoms in total. The summed E-state index contributed by atoms with van der Waals surface area (Å²) in [6, 6.07) is 5.35. The predicted molar refractivity (Wildman–Crippen MR) is 62.6 cm³/mol. The third kappa shape index (κ3) is 3.81. The van der Waals surface area contributed by atoms with Crippen LogP contribution in [0, 0.1) is 0 Å². The molecule has 0 N–H and O–H groups in total. The van der Waals surface area contributed by atoms with Crippen LogP contribution in [0.1, 0.15) is 42.1 Å². The molecular weight excluding hydrogens is 281 g/mol. The van der Waals surface area contributed by atoms with Crippen molar-refractivity contribution in [2.24, 2.45) is 0 Å². The molecule has 0 saturated carbocycles. The average Bonchev–Trinajstić information content (AvgIpc) is 2.25. The van der Waals surface area contributed by atoms with Gasteiger partial charge in [-0.3, -0.25) is 0 Å². The van der Waals surface area contributed by atoms with Gasteiger partial charge in [-0.05, 0) is 24.1 Å². The van der Waals surface area contributed by atoms with Crippen molar-refractivity contribution in [3.8, 4) is 0 Å². The minimum Gasteiger partial charge on any atom is -0.166 e. The van der Waals surface area contributed by atoms with E-state index >= 15 is 0 Å². The zero-order valence-corrected chi connectivity index (χ0v) is 10.6. The Morgan fingerprint density at radius 1 is 1.19 bits per heavy atom. The van der Waals surface area contributed by atoms with Crippen molar-refractivity contribution in [1.29, 1.82) is 0 Å². The highest BCUT2D eigenvalue weighted by Crippen LogP contribution is 2.33. The molecule has 1 aromatic rings. The minimum absolute atomic E-state index is 0.148. The lowest BCUT2D eigenvalue weighted by Crippen LogP contribution is -2.04. The van der Waals surface area contributed by atoms with Gasteiger partial charge in [0.15, 0.2) is 0 Å². The second-order valence-electron chi connectivity index (χ2n) is 3.73. The number of halogens is 4. The maximum absolute atomic E-state index is 12.3. The second-order valence-corrected chi connectivity index (χ2v) is 4.83. The molecule has 0 aromatic heterocycles. The van der Waals surface area contributed by atoms with Crippen LogP contribution in [0.2, 0.25) is 0 Å². The highest BCUT2D eigenvalue weighted by atomic mass is 79.9. The molecule has 0 heterocycles. The lowest BCUT2D eigenvalue weighted by atomic mass is 10.1. The van der Waals surface area contributed by atoms with E-state index in [0.717, 1.165) is 37.0 Å². The summed E-state index contributed by atoms with van der Waals surface area (Å²) >= 11 is 3.48. The van der Waals surface area contributed by atoms with Crippen molar-refractivity contribution in [3.63, 3.8) is 0 Å². The number of hydrogen-bond donors (Lipinski definition) is 0. The molecule has 0 amide bonds. The van der Waals surface area contributed by atoms with Crippen LogP contribution in [0.25, 0.3) is 0 Å². The van der Waals surface area contributed by atoms with E-state index in [1.807, 2.05) is 0 Å². The van der Waals surface area contributed by atoms with Gasteiger partial charge in [-0.25, -0.2) is 0 Å². The summed E-state index contributed by atoms with van der Waals surface area (Å²) < 4.78 is 36.9. The van der Waals surface area contributed by atoms with Crippen LogP contribution in [-0.4, -0.2) is 0 Å². The molecular formula is C12H14BrF3. The van der Waals surface area contributed by atoms with Crippen LogP contribution in [0.4, 0.5) is 13.2 Å². The van der Waals surface area contributed by atoms with Gasteiger partial charge in [0, 0.05) is 4.83 Å². The maximum Gasteiger partial charge on any atom is 0.416 e. The van der Waals surface area contributed by atoms with E-state index in [9.17, 15) is 13.2 Å². The van der Waals surface area contributed by atoms with Crippen LogP contribution in [-0.2, 0) is 6.18 Å². The topological polar surface area (TPSA) is 0 Å². The molecule has 0 bridgehead atoms. The first-order valence-corrected chi connectivity index (χ1v) is 6.18. The van der Waals surface area contributed by atoms with Gasteiger partial charge >= 0.3 is 6.18 Å². The normalized spacial score (nSPS) is 13.8. The fourth-order valence-corrected chi connectivity index (χ4v) is 2.06. The van der Waals surface area contributed by atoms with E-state index < -0.39 is 11.7 Å². The van der Waals surface area contributed by atoms with Gasteiger partial charge < -0.3 is 0 Å². The standard InChI is InChI=1S/C12H14BrF3/c1-2-3-4-11(13)9-5-7-10(8-6-9)12(14,15)16/h5-8,11H,2-4H2,1H3. The highest BCUT2D eigenvalue weighted by Gasteiger charge is 2.30. The zero-order chi connectivity index (χ0) is 12.2. The first-order chi connectivity index (χ1) is 7.45. The zero-order valence-electron chi connectivity index (χ0n) is 9.02. The number of benzene rings is 1. The summed E-state index contributed by atoms with van der Waals surface area (Å²) in [6.45, 7) is 2.09. The van der Waals surface area contributed by atoms with E-state index in [1.165, 1.54) is 12.1 Å². The monoisotopic (exact) mass is 294 g/mol. The summed E-state index contributed by atoms with van der Waals surface area (Å²) in [4.78, 5) is 0.148. The van der Waals surface area contributed by atoms with Crippen molar-refractivity contribution < 1.29 is 13.2 Å². The van der Waals surface area contributed by atoms with Gasteiger partial charge in [-0.1, -0.05) is 47.8 Å². The summed E-state index contributed by atoms with van der Waals surface area (Å²) in [5.41, 5.74) is 0.313. The van der Waals surface area contributed by atoms with E-state index in [0.29, 0.717) is 0 Å². The second kappa shape index (κ2) is 5.71. The van der Waals surface area contributed by atoms with E-state index in [4.69, 9.17) is 0 Å². The largest absolute Gasteiger partial charge is 0.416 e. The quantitative estimate of drug-likeness (QED) is 0.658. The molecule has 0 spiro atoms. The third-order valence-corrected chi connectivity index (χ3v) is 3.40. The molecule has 0 radical (unpaired) electrons. The van der Waals surface area contributed by atoms with Crippen molar-refractivity contribution in [2.75, 3.05) is 0 Å². The molecule has 90 valence electrons. The molecule has 16 heavy (non-hydrogen) atoms. The molecule has 1 aromatic carbocycles. The van der Waals surface area contributed by atoms with Crippen LogP contribution < -0.4 is 0 Å². The number of rotatable bonds is 4. The summed E-state index contributed by atoms with van der Waals surface area (Å²) in [6.07, 6.45) is -1.15. The fraction of sp³-hybridized carbons (Fsp3) is 0.500. The lowest BCUT2D eigenvalue weighted by Gasteiger charge is -2.11. The Kier molecular flexibility index (Phi) is 4.84. The van der Waals surface area contributed by atoms with E-state index in [-0.39, 0.29) is 4.83 Å². The molecule has 0 aliphatic carbocycles. The predicted octanol–water partition coefficient (Wildman–Crippen LogP) is 5.33. The Labute approximate surface area is 102 Å². The maximum atomic E-state index is 12.3. The first kappa shape index (κ1) is 13.6. The lowest BCUT2D eigenvalue weighted by molar-refractivity contribution is -0.137. The fourth-order valence-electron chi connectivity index (χ4n) is 1.43. The molecule has 1 unspecified atom stereocenters. The Hall–Kier alpha value is -0.510. The van der Waals surface area contributed by atoms with Crippen molar-refractivity contribution in [2.45, 2.75) is 37.2 Å². The Balaban J connectivity index is 2.71. The van der Waals surface area contributed by atoms with E-state index in [2.05, 4.69) is 22.9 Å². The summed E-state index contributed by atoms with van der Waals surface area (Å²) in [7, 11) is 0. The molecule has 0 fully saturated rings. The third-order valence-electron chi connectivity index (χ3n) is 2.41. The Morgan fingerprint density at radius 3 is 2.19 bits per heavy atom. The van der Waals surface area contributed by atoms with Gasteiger partial charge in [-0.15, -0.1) is 0 Å². The van der Waals surface area contributed by atoms with Crippen molar-refractivity contribution in [1.82, 2.24) is 0 Å². The Bertz CT molecular complexity index is 316. The van der Waals surface area contributed by atoms with Gasteiger partial charge in [-0.2, -0.15) is 13.2 Å². The molecule has 4 heteroatoms. The molecule has 0 aliphatic heterocycles. The molecule has 1 atom stereocenters. The van der Waals surface area contributed by atoms with Crippen molar-refractivity contribution >= 4 is 15.9 Å². The molecule has 0 aliphatic rings. The first-order valence-electron chi connectivity index (χ1n) is 5.26. The minimum atomic E-state index is -4.25. The number of alkyl halides is 4. The van der Waals surface area contributed by atoms with Crippen molar-refractivity contribution in [3.05, 3.63) is 35.4 Å². The van der Waals surface area contributed by atoms with E-state index in [1.54, 1.807) is 0 Å². The molecule has 0 saturated heterocycles. The summed E-state index contributed by atoms with van der Waals surface area (Å²) in [5, 5.41) is 0. The van der Waals surface area contributed by atoms with Crippen LogP contribution >= 0.6 is 15.9 Å². The van der Waals surface area contributed by atoms with Gasteiger partial charge in [0.25, 0.3) is 0 Å². The van der Waals surface area contributed by atoms with Gasteiger partial charge in [0.1, 0.15) is 0 Å². The van der Waals surface area contributed by atoms with Crippen LogP contribution in [0.5, 0.6) is 0 Å². The highest BCUT2D eigenvalue weighted by molar-refractivity contribution is 9.09.